The molecule has 0 saturated carbocycles. The van der Waals surface area contributed by atoms with Crippen molar-refractivity contribution >= 4 is 23.1 Å². The number of thiazole rings is 1. The van der Waals surface area contributed by atoms with E-state index in [-0.39, 0.29) is 11.3 Å². The summed E-state index contributed by atoms with van der Waals surface area (Å²) in [4.78, 5) is 28.7. The molecule has 2 heterocycles. The normalized spacial score (nSPS) is 10.8. The predicted octanol–water partition coefficient (Wildman–Crippen LogP) is 3.88. The average molecular weight is 387 g/mol. The van der Waals surface area contributed by atoms with Crippen molar-refractivity contribution in [1.29, 1.82) is 0 Å². The van der Waals surface area contributed by atoms with Gasteiger partial charge in [-0.3, -0.25) is 9.48 Å². The smallest absolute Gasteiger partial charge is 0.341 e. The third-order valence-corrected chi connectivity index (χ3v) is 5.00. The van der Waals surface area contributed by atoms with E-state index in [9.17, 15) is 14.0 Å². The number of ketones is 1. The molecule has 0 aliphatic heterocycles. The second-order valence-electron chi connectivity index (χ2n) is 5.89. The maximum atomic E-state index is 14.6. The number of esters is 1. The molecule has 8 heteroatoms. The van der Waals surface area contributed by atoms with E-state index >= 15 is 0 Å². The van der Waals surface area contributed by atoms with Crippen molar-refractivity contribution in [2.45, 2.75) is 27.3 Å². The van der Waals surface area contributed by atoms with Crippen molar-refractivity contribution in [3.63, 3.8) is 0 Å². The number of rotatable bonds is 6. The molecule has 0 spiro atoms. The summed E-state index contributed by atoms with van der Waals surface area (Å²) in [5.41, 5.74) is 1.44. The number of aromatic nitrogens is 3. The number of ether oxygens (including phenoxy) is 1. The van der Waals surface area contributed by atoms with Gasteiger partial charge >= 0.3 is 5.97 Å². The summed E-state index contributed by atoms with van der Waals surface area (Å²) in [6.07, 6.45) is 3.03. The highest BCUT2D eigenvalue weighted by Crippen LogP contribution is 2.31. The zero-order valence-electron chi connectivity index (χ0n) is 15.2. The summed E-state index contributed by atoms with van der Waals surface area (Å²) in [5.74, 6) is -1.32. The van der Waals surface area contributed by atoms with Gasteiger partial charge in [-0.2, -0.15) is 5.10 Å². The lowest BCUT2D eigenvalue weighted by Gasteiger charge is -2.03. The van der Waals surface area contributed by atoms with Crippen LogP contribution >= 0.6 is 11.3 Å². The van der Waals surface area contributed by atoms with E-state index in [0.717, 1.165) is 10.6 Å². The third-order valence-electron chi connectivity index (χ3n) is 3.96. The van der Waals surface area contributed by atoms with E-state index in [2.05, 4.69) is 10.1 Å². The Kier molecular flexibility index (Phi) is 5.46. The van der Waals surface area contributed by atoms with Crippen LogP contribution in [-0.2, 0) is 11.3 Å². The predicted molar refractivity (Wildman–Crippen MR) is 99.5 cm³/mol. The highest BCUT2D eigenvalue weighted by atomic mass is 32.1. The first-order valence-corrected chi connectivity index (χ1v) is 9.18. The SMILES string of the molecule is CCOC(=O)c1cnn(Cc2nc(-c3cccc(C(C)=O)c3F)sc2C)c1. The quantitative estimate of drug-likeness (QED) is 0.474. The summed E-state index contributed by atoms with van der Waals surface area (Å²) >= 11 is 1.35. The molecule has 0 aliphatic carbocycles. The number of nitrogens with zero attached hydrogens (tertiary/aromatic N) is 3. The summed E-state index contributed by atoms with van der Waals surface area (Å²) in [5, 5.41) is 4.66. The zero-order chi connectivity index (χ0) is 19.6. The zero-order valence-corrected chi connectivity index (χ0v) is 16.0. The van der Waals surface area contributed by atoms with Crippen molar-refractivity contribution in [2.75, 3.05) is 6.61 Å². The van der Waals surface area contributed by atoms with Gasteiger partial charge in [0.05, 0.1) is 36.2 Å². The number of hydrogen-bond acceptors (Lipinski definition) is 6. The van der Waals surface area contributed by atoms with Gasteiger partial charge in [-0.25, -0.2) is 14.2 Å². The number of carbonyl (C=O) groups is 2. The van der Waals surface area contributed by atoms with E-state index in [0.29, 0.717) is 29.3 Å². The Bertz CT molecular complexity index is 1010. The molecule has 0 bridgehead atoms. The molecule has 0 aliphatic rings. The van der Waals surface area contributed by atoms with E-state index in [1.165, 1.54) is 30.5 Å². The molecular formula is C19H18FN3O3S. The fraction of sp³-hybridized carbons (Fsp3) is 0.263. The van der Waals surface area contributed by atoms with E-state index < -0.39 is 11.8 Å². The Labute approximate surface area is 159 Å². The van der Waals surface area contributed by atoms with Crippen molar-refractivity contribution in [3.8, 4) is 10.6 Å². The molecule has 140 valence electrons. The molecule has 0 atom stereocenters. The lowest BCUT2D eigenvalue weighted by atomic mass is 10.1. The number of halogens is 1. The standard InChI is InChI=1S/C19H18FN3O3S/c1-4-26-19(25)13-8-21-23(9-13)10-16-12(3)27-18(22-16)15-7-5-6-14(11(2)24)17(15)20/h5-9H,4,10H2,1-3H3. The first-order chi connectivity index (χ1) is 12.9. The van der Waals surface area contributed by atoms with Gasteiger partial charge in [-0.1, -0.05) is 6.07 Å². The third kappa shape index (κ3) is 3.95. The van der Waals surface area contributed by atoms with E-state index in [1.54, 1.807) is 29.9 Å². The molecule has 0 fully saturated rings. The molecule has 6 nitrogen and oxygen atoms in total. The Morgan fingerprint density at radius 1 is 1.33 bits per heavy atom. The van der Waals surface area contributed by atoms with E-state index in [4.69, 9.17) is 4.74 Å². The van der Waals surface area contributed by atoms with E-state index in [1.807, 2.05) is 6.92 Å². The van der Waals surface area contributed by atoms with Gasteiger partial charge < -0.3 is 4.74 Å². The van der Waals surface area contributed by atoms with Gasteiger partial charge in [0.2, 0.25) is 0 Å². The highest BCUT2D eigenvalue weighted by molar-refractivity contribution is 7.15. The molecule has 0 amide bonds. The van der Waals surface area contributed by atoms with Crippen LogP contribution in [0.4, 0.5) is 4.39 Å². The summed E-state index contributed by atoms with van der Waals surface area (Å²) in [6, 6.07) is 4.71. The summed E-state index contributed by atoms with van der Waals surface area (Å²) in [6.45, 7) is 5.60. The number of Topliss-reactive ketones (excluding diaryl/α,β-unsaturated/α-hetero) is 1. The largest absolute Gasteiger partial charge is 0.462 e. The van der Waals surface area contributed by atoms with Gasteiger partial charge in [-0.15, -0.1) is 11.3 Å². The second-order valence-corrected chi connectivity index (χ2v) is 7.10. The van der Waals surface area contributed by atoms with Gasteiger partial charge in [0.15, 0.2) is 5.78 Å². The van der Waals surface area contributed by atoms with Crippen LogP contribution in [0.15, 0.2) is 30.6 Å². The Hall–Kier alpha value is -2.87. The minimum atomic E-state index is -0.561. The number of carbonyl (C=O) groups excluding carboxylic acids is 2. The fourth-order valence-corrected chi connectivity index (χ4v) is 3.52. The molecule has 3 aromatic rings. The Morgan fingerprint density at radius 3 is 2.81 bits per heavy atom. The van der Waals surface area contributed by atoms with Crippen molar-refractivity contribution in [2.24, 2.45) is 0 Å². The van der Waals surface area contributed by atoms with Crippen molar-refractivity contribution in [3.05, 3.63) is 58.1 Å². The molecule has 27 heavy (non-hydrogen) atoms. The van der Waals surface area contributed by atoms with Crippen LogP contribution in [0, 0.1) is 12.7 Å². The molecule has 0 unspecified atom stereocenters. The molecule has 3 rings (SSSR count). The van der Waals surface area contributed by atoms with Crippen LogP contribution in [-0.4, -0.2) is 33.1 Å². The lowest BCUT2D eigenvalue weighted by molar-refractivity contribution is 0.0526. The van der Waals surface area contributed by atoms with Crippen LogP contribution in [0.25, 0.3) is 10.6 Å². The summed E-state index contributed by atoms with van der Waals surface area (Å²) in [7, 11) is 0. The molecule has 0 N–H and O–H groups in total. The first kappa shape index (κ1) is 18.9. The number of hydrogen-bond donors (Lipinski definition) is 0. The van der Waals surface area contributed by atoms with Crippen LogP contribution in [0.3, 0.4) is 0 Å². The van der Waals surface area contributed by atoms with Gasteiger partial charge in [0.1, 0.15) is 10.8 Å². The second kappa shape index (κ2) is 7.79. The van der Waals surface area contributed by atoms with Crippen LogP contribution in [0.5, 0.6) is 0 Å². The number of aryl methyl sites for hydroxylation is 1. The number of benzene rings is 1. The molecule has 1 aromatic carbocycles. The molecule has 0 saturated heterocycles. The topological polar surface area (TPSA) is 74.1 Å². The van der Waals surface area contributed by atoms with Crippen LogP contribution < -0.4 is 0 Å². The van der Waals surface area contributed by atoms with Gasteiger partial charge in [-0.05, 0) is 32.9 Å². The van der Waals surface area contributed by atoms with Gasteiger partial charge in [0, 0.05) is 16.6 Å². The molecule has 2 aromatic heterocycles. The van der Waals surface area contributed by atoms with Gasteiger partial charge in [0.25, 0.3) is 0 Å². The minimum Gasteiger partial charge on any atom is -0.462 e. The fourth-order valence-electron chi connectivity index (χ4n) is 2.58. The Morgan fingerprint density at radius 2 is 2.11 bits per heavy atom. The monoisotopic (exact) mass is 387 g/mol. The van der Waals surface area contributed by atoms with Crippen molar-refractivity contribution < 1.29 is 18.7 Å². The van der Waals surface area contributed by atoms with Crippen LogP contribution in [0.1, 0.15) is 45.1 Å². The van der Waals surface area contributed by atoms with Crippen LogP contribution in [0.2, 0.25) is 0 Å². The lowest BCUT2D eigenvalue weighted by Crippen LogP contribution is -2.04. The first-order valence-electron chi connectivity index (χ1n) is 8.36. The Balaban J connectivity index is 1.87. The van der Waals surface area contributed by atoms with Crippen molar-refractivity contribution in [1.82, 2.24) is 14.8 Å². The maximum Gasteiger partial charge on any atom is 0.341 e. The molecular weight excluding hydrogens is 369 g/mol. The highest BCUT2D eigenvalue weighted by Gasteiger charge is 2.18. The summed E-state index contributed by atoms with van der Waals surface area (Å²) < 4.78 is 21.1. The minimum absolute atomic E-state index is 0.0491. The maximum absolute atomic E-state index is 14.6. The molecule has 0 radical (unpaired) electrons. The average Bonchev–Trinajstić information content (AvgIpc) is 3.23.